The molecule has 1 aliphatic heterocycles. The highest BCUT2D eigenvalue weighted by molar-refractivity contribution is 9.10. The van der Waals surface area contributed by atoms with Crippen LogP contribution in [0.15, 0.2) is 46.9 Å². The van der Waals surface area contributed by atoms with Gasteiger partial charge in [-0.15, -0.1) is 23.5 Å². The van der Waals surface area contributed by atoms with Gasteiger partial charge in [0.25, 0.3) is 5.91 Å². The Hall–Kier alpha value is -0.980. The predicted octanol–water partition coefficient (Wildman–Crippen LogP) is 5.71. The van der Waals surface area contributed by atoms with Crippen molar-refractivity contribution in [2.24, 2.45) is 0 Å². The summed E-state index contributed by atoms with van der Waals surface area (Å²) in [6, 6.07) is 12.2. The molecule has 2 aromatic carbocycles. The number of carbonyl (C=O) groups is 1. The molecule has 0 aliphatic carbocycles. The van der Waals surface area contributed by atoms with Crippen molar-refractivity contribution < 1.29 is 9.18 Å². The van der Waals surface area contributed by atoms with E-state index < -0.39 is 11.7 Å². The molecule has 0 bridgehead atoms. The zero-order chi connectivity index (χ0) is 16.2. The van der Waals surface area contributed by atoms with E-state index in [1.807, 2.05) is 41.7 Å². The van der Waals surface area contributed by atoms with Crippen LogP contribution in [0, 0.1) is 5.82 Å². The Labute approximate surface area is 151 Å². The lowest BCUT2D eigenvalue weighted by Gasteiger charge is -2.21. The Morgan fingerprint density at radius 1 is 1.17 bits per heavy atom. The number of amides is 1. The second-order valence-corrected chi connectivity index (χ2v) is 8.77. The van der Waals surface area contributed by atoms with Gasteiger partial charge in [0.05, 0.1) is 10.1 Å². The average Bonchev–Trinajstić information content (AvgIpc) is 2.56. The summed E-state index contributed by atoms with van der Waals surface area (Å²) in [5.41, 5.74) is 1.93. The minimum Gasteiger partial charge on any atom is -0.322 e. The van der Waals surface area contributed by atoms with Crippen molar-refractivity contribution in [3.8, 4) is 0 Å². The van der Waals surface area contributed by atoms with Crippen LogP contribution in [0.2, 0.25) is 0 Å². The van der Waals surface area contributed by atoms with Gasteiger partial charge in [-0.05, 0) is 53.8 Å². The number of nitrogens with one attached hydrogen (secondary N) is 1. The highest BCUT2D eigenvalue weighted by Crippen LogP contribution is 2.44. The first-order valence-electron chi connectivity index (χ1n) is 7.23. The van der Waals surface area contributed by atoms with Crippen molar-refractivity contribution in [2.75, 3.05) is 16.8 Å². The van der Waals surface area contributed by atoms with Crippen molar-refractivity contribution >= 4 is 51.0 Å². The van der Waals surface area contributed by atoms with Gasteiger partial charge < -0.3 is 5.32 Å². The molecule has 1 saturated heterocycles. The normalized spacial score (nSPS) is 15.4. The molecule has 6 heteroatoms. The van der Waals surface area contributed by atoms with Crippen LogP contribution in [-0.2, 0) is 0 Å². The summed E-state index contributed by atoms with van der Waals surface area (Å²) < 4.78 is 14.9. The van der Waals surface area contributed by atoms with E-state index >= 15 is 0 Å². The molecule has 1 fully saturated rings. The lowest BCUT2D eigenvalue weighted by molar-refractivity contribution is 0.102. The van der Waals surface area contributed by atoms with Crippen molar-refractivity contribution in [1.82, 2.24) is 0 Å². The number of anilines is 1. The van der Waals surface area contributed by atoms with Crippen molar-refractivity contribution in [3.63, 3.8) is 0 Å². The van der Waals surface area contributed by atoms with Gasteiger partial charge in [0, 0.05) is 10.2 Å². The fourth-order valence-corrected chi connectivity index (χ4v) is 5.52. The molecular formula is C17H15BrFNOS2. The zero-order valence-corrected chi connectivity index (χ0v) is 15.4. The van der Waals surface area contributed by atoms with Gasteiger partial charge in [0.15, 0.2) is 0 Å². The fourth-order valence-electron chi connectivity index (χ4n) is 2.32. The lowest BCUT2D eigenvalue weighted by Crippen LogP contribution is -2.14. The Morgan fingerprint density at radius 2 is 1.96 bits per heavy atom. The molecule has 3 rings (SSSR count). The topological polar surface area (TPSA) is 29.1 Å². The number of hydrogen-bond donors (Lipinski definition) is 1. The van der Waals surface area contributed by atoms with Crippen LogP contribution in [-0.4, -0.2) is 17.4 Å². The molecule has 2 aromatic rings. The maximum atomic E-state index is 13.9. The molecule has 23 heavy (non-hydrogen) atoms. The predicted molar refractivity (Wildman–Crippen MR) is 101 cm³/mol. The summed E-state index contributed by atoms with van der Waals surface area (Å²) in [5, 5.41) is 2.79. The molecule has 0 spiro atoms. The van der Waals surface area contributed by atoms with Crippen molar-refractivity contribution in [1.29, 1.82) is 0 Å². The Bertz CT molecular complexity index is 719. The molecule has 1 aliphatic rings. The SMILES string of the molecule is O=C(Nc1cccc(C2SCCCS2)c1)c1ccc(Br)cc1F. The van der Waals surface area contributed by atoms with Crippen LogP contribution in [0.3, 0.4) is 0 Å². The third-order valence-electron chi connectivity index (χ3n) is 3.42. The lowest BCUT2D eigenvalue weighted by atomic mass is 10.1. The number of rotatable bonds is 3. The zero-order valence-electron chi connectivity index (χ0n) is 12.2. The first-order chi connectivity index (χ1) is 11.1. The minimum atomic E-state index is -0.536. The van der Waals surface area contributed by atoms with E-state index in [0.717, 1.165) is 0 Å². The monoisotopic (exact) mass is 411 g/mol. The fraction of sp³-hybridized carbons (Fsp3) is 0.235. The van der Waals surface area contributed by atoms with Crippen LogP contribution < -0.4 is 5.32 Å². The van der Waals surface area contributed by atoms with Gasteiger partial charge in [0.1, 0.15) is 5.82 Å². The van der Waals surface area contributed by atoms with Crippen molar-refractivity contribution in [2.45, 2.75) is 11.0 Å². The van der Waals surface area contributed by atoms with Gasteiger partial charge in [-0.25, -0.2) is 4.39 Å². The van der Waals surface area contributed by atoms with Crippen LogP contribution in [0.1, 0.15) is 26.9 Å². The number of thioether (sulfide) groups is 2. The first-order valence-corrected chi connectivity index (χ1v) is 10.1. The largest absolute Gasteiger partial charge is 0.322 e. The molecule has 0 unspecified atom stereocenters. The van der Waals surface area contributed by atoms with Gasteiger partial charge >= 0.3 is 0 Å². The second-order valence-electron chi connectivity index (χ2n) is 5.13. The third-order valence-corrected chi connectivity index (χ3v) is 6.93. The standard InChI is InChI=1S/C17H15BrFNOS2/c18-12-5-6-14(15(19)10-12)16(21)20-13-4-1-3-11(9-13)17-22-7-2-8-23-17/h1,3-6,9-10,17H,2,7-8H2,(H,20,21). The quantitative estimate of drug-likeness (QED) is 0.700. The molecule has 0 saturated carbocycles. The smallest absolute Gasteiger partial charge is 0.258 e. The van der Waals surface area contributed by atoms with E-state index in [1.54, 1.807) is 6.07 Å². The highest BCUT2D eigenvalue weighted by Gasteiger charge is 2.17. The summed E-state index contributed by atoms with van der Waals surface area (Å²) in [6.07, 6.45) is 1.24. The molecule has 0 radical (unpaired) electrons. The van der Waals surface area contributed by atoms with Gasteiger partial charge in [-0.2, -0.15) is 0 Å². The Kier molecular flexibility index (Phi) is 5.67. The second kappa shape index (κ2) is 7.73. The van der Waals surface area contributed by atoms with Crippen LogP contribution in [0.25, 0.3) is 0 Å². The van der Waals surface area contributed by atoms with Crippen molar-refractivity contribution in [3.05, 3.63) is 63.9 Å². The molecule has 1 heterocycles. The van der Waals surface area contributed by atoms with E-state index in [-0.39, 0.29) is 5.56 Å². The molecule has 0 atom stereocenters. The van der Waals surface area contributed by atoms with Crippen LogP contribution in [0.5, 0.6) is 0 Å². The molecular weight excluding hydrogens is 397 g/mol. The number of hydrogen-bond acceptors (Lipinski definition) is 3. The Balaban J connectivity index is 1.75. The third kappa shape index (κ3) is 4.31. The highest BCUT2D eigenvalue weighted by atomic mass is 79.9. The van der Waals surface area contributed by atoms with E-state index in [0.29, 0.717) is 14.7 Å². The van der Waals surface area contributed by atoms with Crippen LogP contribution in [0.4, 0.5) is 10.1 Å². The maximum absolute atomic E-state index is 13.9. The van der Waals surface area contributed by atoms with E-state index in [1.165, 1.54) is 35.6 Å². The summed E-state index contributed by atoms with van der Waals surface area (Å²) >= 11 is 7.05. The molecule has 1 amide bonds. The maximum Gasteiger partial charge on any atom is 0.258 e. The number of carbonyl (C=O) groups excluding carboxylic acids is 1. The molecule has 120 valence electrons. The van der Waals surface area contributed by atoms with E-state index in [9.17, 15) is 9.18 Å². The van der Waals surface area contributed by atoms with E-state index in [4.69, 9.17) is 0 Å². The average molecular weight is 412 g/mol. The van der Waals surface area contributed by atoms with Crippen LogP contribution >= 0.6 is 39.5 Å². The summed E-state index contributed by atoms with van der Waals surface area (Å²) in [4.78, 5) is 12.3. The van der Waals surface area contributed by atoms with Gasteiger partial charge in [-0.3, -0.25) is 4.79 Å². The Morgan fingerprint density at radius 3 is 2.70 bits per heavy atom. The summed E-state index contributed by atoms with van der Waals surface area (Å²) in [6.45, 7) is 0. The number of halogens is 2. The molecule has 2 nitrogen and oxygen atoms in total. The first kappa shape index (κ1) is 16.9. The summed E-state index contributed by atoms with van der Waals surface area (Å²) in [7, 11) is 0. The summed E-state index contributed by atoms with van der Waals surface area (Å²) in [5.74, 6) is 1.36. The molecule has 0 aromatic heterocycles. The minimum absolute atomic E-state index is 0.0417. The molecule has 1 N–H and O–H groups in total. The van der Waals surface area contributed by atoms with Gasteiger partial charge in [-0.1, -0.05) is 28.1 Å². The van der Waals surface area contributed by atoms with E-state index in [2.05, 4.69) is 27.3 Å². The number of benzene rings is 2. The van der Waals surface area contributed by atoms with Gasteiger partial charge in [0.2, 0.25) is 0 Å².